The second-order valence-electron chi connectivity index (χ2n) is 6.02. The quantitative estimate of drug-likeness (QED) is 0.549. The lowest BCUT2D eigenvalue weighted by Gasteiger charge is -2.16. The molecule has 1 fully saturated rings. The van der Waals surface area contributed by atoms with E-state index in [-0.39, 0.29) is 5.91 Å². The van der Waals surface area contributed by atoms with Gasteiger partial charge >= 0.3 is 0 Å². The van der Waals surface area contributed by atoms with Crippen LogP contribution in [0.25, 0.3) is 0 Å². The molecule has 0 aliphatic carbocycles. The third-order valence-electron chi connectivity index (χ3n) is 4.12. The highest BCUT2D eigenvalue weighted by atomic mass is 16.5. The van der Waals surface area contributed by atoms with Crippen molar-refractivity contribution in [2.75, 3.05) is 45.2 Å². The van der Waals surface area contributed by atoms with Gasteiger partial charge in [0.05, 0.1) is 20.3 Å². The molecule has 1 amide bonds. The van der Waals surface area contributed by atoms with Crippen LogP contribution in [-0.4, -0.2) is 56.7 Å². The average molecular weight is 362 g/mol. The Balaban J connectivity index is 1.96. The summed E-state index contributed by atoms with van der Waals surface area (Å²) in [7, 11) is 1.62. The standard InChI is InChI=1S/C19H30N4O3/c1-4-20-19(21-11-10-18(24)23-12-6-7-13-23)22-15-8-9-16(26-5-2)17(14-15)25-3/h8-9,14H,4-7,10-13H2,1-3H3,(H2,20,21,22). The van der Waals surface area contributed by atoms with Crippen molar-refractivity contribution < 1.29 is 14.3 Å². The minimum absolute atomic E-state index is 0.185. The predicted molar refractivity (Wildman–Crippen MR) is 104 cm³/mol. The molecule has 2 N–H and O–H groups in total. The Morgan fingerprint density at radius 2 is 2.00 bits per heavy atom. The number of amides is 1. The molecular weight excluding hydrogens is 332 g/mol. The van der Waals surface area contributed by atoms with Gasteiger partial charge in [0.25, 0.3) is 0 Å². The molecule has 7 heteroatoms. The molecule has 0 unspecified atom stereocenters. The van der Waals surface area contributed by atoms with E-state index in [0.29, 0.717) is 37.0 Å². The lowest BCUT2D eigenvalue weighted by molar-refractivity contribution is -0.129. The molecule has 0 radical (unpaired) electrons. The molecule has 26 heavy (non-hydrogen) atoms. The zero-order valence-corrected chi connectivity index (χ0v) is 16.0. The van der Waals surface area contributed by atoms with E-state index in [2.05, 4.69) is 15.6 Å². The van der Waals surface area contributed by atoms with E-state index in [1.807, 2.05) is 36.9 Å². The summed E-state index contributed by atoms with van der Waals surface area (Å²) in [6.45, 7) is 7.48. The summed E-state index contributed by atoms with van der Waals surface area (Å²) >= 11 is 0. The van der Waals surface area contributed by atoms with Gasteiger partial charge in [-0.05, 0) is 38.8 Å². The molecular formula is C19H30N4O3. The normalized spacial score (nSPS) is 14.3. The second-order valence-corrected chi connectivity index (χ2v) is 6.02. The first kappa shape index (κ1) is 19.9. The number of carbonyl (C=O) groups is 1. The van der Waals surface area contributed by atoms with Gasteiger partial charge in [-0.25, -0.2) is 0 Å². The van der Waals surface area contributed by atoms with Gasteiger partial charge in [0.15, 0.2) is 17.5 Å². The van der Waals surface area contributed by atoms with Gasteiger partial charge in [-0.1, -0.05) is 0 Å². The van der Waals surface area contributed by atoms with Crippen LogP contribution in [0.3, 0.4) is 0 Å². The first-order valence-electron chi connectivity index (χ1n) is 9.31. The number of guanidine groups is 1. The van der Waals surface area contributed by atoms with Crippen molar-refractivity contribution in [3.63, 3.8) is 0 Å². The summed E-state index contributed by atoms with van der Waals surface area (Å²) in [5, 5.41) is 6.44. The fourth-order valence-electron chi connectivity index (χ4n) is 2.85. The van der Waals surface area contributed by atoms with Crippen molar-refractivity contribution in [1.82, 2.24) is 10.2 Å². The molecule has 1 heterocycles. The van der Waals surface area contributed by atoms with Gasteiger partial charge in [-0.3, -0.25) is 9.79 Å². The first-order valence-corrected chi connectivity index (χ1v) is 9.31. The smallest absolute Gasteiger partial charge is 0.224 e. The van der Waals surface area contributed by atoms with E-state index in [9.17, 15) is 4.79 Å². The Kier molecular flexibility index (Phi) is 8.05. The van der Waals surface area contributed by atoms with Crippen molar-refractivity contribution in [2.24, 2.45) is 4.99 Å². The molecule has 1 aromatic rings. The third kappa shape index (κ3) is 5.82. The number of nitrogens with zero attached hydrogens (tertiary/aromatic N) is 2. The number of methoxy groups -OCH3 is 1. The molecule has 1 aliphatic rings. The number of nitrogens with one attached hydrogen (secondary N) is 2. The van der Waals surface area contributed by atoms with Crippen molar-refractivity contribution in [2.45, 2.75) is 33.1 Å². The summed E-state index contributed by atoms with van der Waals surface area (Å²) in [5.74, 6) is 2.20. The maximum absolute atomic E-state index is 12.1. The summed E-state index contributed by atoms with van der Waals surface area (Å²) < 4.78 is 10.9. The number of anilines is 1. The van der Waals surface area contributed by atoms with Gasteiger partial charge in [0, 0.05) is 37.8 Å². The molecule has 0 aromatic heterocycles. The Hall–Kier alpha value is -2.44. The van der Waals surface area contributed by atoms with Crippen LogP contribution in [-0.2, 0) is 4.79 Å². The highest BCUT2D eigenvalue weighted by Gasteiger charge is 2.17. The van der Waals surface area contributed by atoms with Crippen LogP contribution in [0, 0.1) is 0 Å². The van der Waals surface area contributed by atoms with E-state index >= 15 is 0 Å². The summed E-state index contributed by atoms with van der Waals surface area (Å²) in [5.41, 5.74) is 0.843. The topological polar surface area (TPSA) is 75.2 Å². The number of ether oxygens (including phenoxy) is 2. The van der Waals surface area contributed by atoms with Crippen molar-refractivity contribution in [3.8, 4) is 11.5 Å². The van der Waals surface area contributed by atoms with Crippen LogP contribution >= 0.6 is 0 Å². The number of likely N-dealkylation sites (tertiary alicyclic amines) is 1. The van der Waals surface area contributed by atoms with E-state index in [4.69, 9.17) is 9.47 Å². The molecule has 144 valence electrons. The Morgan fingerprint density at radius 3 is 2.65 bits per heavy atom. The third-order valence-corrected chi connectivity index (χ3v) is 4.12. The molecule has 0 bridgehead atoms. The van der Waals surface area contributed by atoms with Gasteiger partial charge in [-0.2, -0.15) is 0 Å². The Labute approximate surface area is 155 Å². The largest absolute Gasteiger partial charge is 0.493 e. The molecule has 1 aliphatic heterocycles. The van der Waals surface area contributed by atoms with Gasteiger partial charge in [0.1, 0.15) is 0 Å². The maximum atomic E-state index is 12.1. The summed E-state index contributed by atoms with van der Waals surface area (Å²) in [6, 6.07) is 5.65. The van der Waals surface area contributed by atoms with Gasteiger partial charge in [-0.15, -0.1) is 0 Å². The van der Waals surface area contributed by atoms with Crippen molar-refractivity contribution in [3.05, 3.63) is 18.2 Å². The van der Waals surface area contributed by atoms with E-state index in [1.165, 1.54) is 0 Å². The lowest BCUT2D eigenvalue weighted by atomic mass is 10.2. The molecule has 0 spiro atoms. The second kappa shape index (κ2) is 10.5. The molecule has 1 aromatic carbocycles. The molecule has 7 nitrogen and oxygen atoms in total. The minimum Gasteiger partial charge on any atom is -0.493 e. The minimum atomic E-state index is 0.185. The Morgan fingerprint density at radius 1 is 1.23 bits per heavy atom. The lowest BCUT2D eigenvalue weighted by Crippen LogP contribution is -2.32. The zero-order valence-electron chi connectivity index (χ0n) is 16.0. The van der Waals surface area contributed by atoms with E-state index in [1.54, 1.807) is 7.11 Å². The number of hydrogen-bond acceptors (Lipinski definition) is 4. The van der Waals surface area contributed by atoms with Crippen molar-refractivity contribution in [1.29, 1.82) is 0 Å². The Bertz CT molecular complexity index is 613. The number of benzene rings is 1. The van der Waals surface area contributed by atoms with Gasteiger partial charge < -0.3 is 25.0 Å². The highest BCUT2D eigenvalue weighted by Crippen LogP contribution is 2.30. The number of hydrogen-bond donors (Lipinski definition) is 2. The maximum Gasteiger partial charge on any atom is 0.224 e. The van der Waals surface area contributed by atoms with E-state index in [0.717, 1.165) is 38.2 Å². The zero-order chi connectivity index (χ0) is 18.8. The van der Waals surface area contributed by atoms with Crippen LogP contribution in [0.15, 0.2) is 23.2 Å². The molecule has 0 saturated carbocycles. The van der Waals surface area contributed by atoms with Crippen LogP contribution in [0.2, 0.25) is 0 Å². The summed E-state index contributed by atoms with van der Waals surface area (Å²) in [4.78, 5) is 18.5. The SMILES string of the molecule is CCNC(=NCCC(=O)N1CCCC1)Nc1ccc(OCC)c(OC)c1. The molecule has 1 saturated heterocycles. The monoisotopic (exact) mass is 362 g/mol. The van der Waals surface area contributed by atoms with Crippen LogP contribution < -0.4 is 20.1 Å². The predicted octanol–water partition coefficient (Wildman–Crippen LogP) is 2.48. The molecule has 0 atom stereocenters. The van der Waals surface area contributed by atoms with Crippen LogP contribution in [0.1, 0.15) is 33.1 Å². The van der Waals surface area contributed by atoms with Crippen LogP contribution in [0.4, 0.5) is 5.69 Å². The van der Waals surface area contributed by atoms with E-state index < -0.39 is 0 Å². The fourth-order valence-corrected chi connectivity index (χ4v) is 2.85. The summed E-state index contributed by atoms with van der Waals surface area (Å²) in [6.07, 6.45) is 2.65. The molecule has 2 rings (SSSR count). The fraction of sp³-hybridized carbons (Fsp3) is 0.579. The number of rotatable bonds is 8. The van der Waals surface area contributed by atoms with Crippen LogP contribution in [0.5, 0.6) is 11.5 Å². The number of aliphatic imine (C=N–C) groups is 1. The number of carbonyl (C=O) groups excluding carboxylic acids is 1. The highest BCUT2D eigenvalue weighted by molar-refractivity contribution is 5.94. The first-order chi connectivity index (χ1) is 12.7. The van der Waals surface area contributed by atoms with Gasteiger partial charge in [0.2, 0.25) is 5.91 Å². The average Bonchev–Trinajstić information content (AvgIpc) is 3.18. The van der Waals surface area contributed by atoms with Crippen molar-refractivity contribution >= 4 is 17.6 Å².